The normalized spacial score (nSPS) is 15.6. The number of piperidine rings is 1. The summed E-state index contributed by atoms with van der Waals surface area (Å²) in [5.41, 5.74) is 0.562. The summed E-state index contributed by atoms with van der Waals surface area (Å²) >= 11 is 12.8. The maximum atomic E-state index is 12.9. The highest BCUT2D eigenvalue weighted by atomic mass is 35.5. The van der Waals surface area contributed by atoms with Crippen molar-refractivity contribution in [3.63, 3.8) is 0 Å². The summed E-state index contributed by atoms with van der Waals surface area (Å²) in [6.07, 6.45) is 4.29. The molecule has 4 rings (SSSR count). The fourth-order valence-corrected chi connectivity index (χ4v) is 4.65. The number of aromatic nitrogens is 3. The van der Waals surface area contributed by atoms with E-state index in [1.807, 2.05) is 32.1 Å². The summed E-state index contributed by atoms with van der Waals surface area (Å²) < 4.78 is 12.3. The Hall–Kier alpha value is -3.04. The minimum atomic E-state index is -0.610. The molecule has 3 heterocycles. The molecule has 1 fully saturated rings. The summed E-state index contributed by atoms with van der Waals surface area (Å²) in [6.45, 7) is 8.67. The van der Waals surface area contributed by atoms with Crippen molar-refractivity contribution in [2.75, 3.05) is 25.1 Å². The molecule has 1 N–H and O–H groups in total. The molecule has 11 heteroatoms. The Kier molecular flexibility index (Phi) is 7.07. The van der Waals surface area contributed by atoms with Gasteiger partial charge in [-0.25, -0.2) is 19.6 Å². The van der Waals surface area contributed by atoms with E-state index >= 15 is 0 Å². The van der Waals surface area contributed by atoms with E-state index in [0.717, 1.165) is 0 Å². The molecule has 1 aliphatic rings. The highest BCUT2D eigenvalue weighted by Crippen LogP contribution is 2.38. The molecule has 0 saturated carbocycles. The molecule has 1 saturated heterocycles. The number of ether oxygens (including phenoxy) is 2. The Morgan fingerprint density at radius 3 is 2.50 bits per heavy atom. The lowest BCUT2D eigenvalue weighted by Crippen LogP contribution is -2.54. The number of rotatable bonds is 4. The van der Waals surface area contributed by atoms with E-state index in [1.165, 1.54) is 7.11 Å². The largest absolute Gasteiger partial charge is 0.464 e. The van der Waals surface area contributed by atoms with E-state index < -0.39 is 23.2 Å². The van der Waals surface area contributed by atoms with Gasteiger partial charge in [-0.05, 0) is 46.6 Å². The van der Waals surface area contributed by atoms with Gasteiger partial charge in [-0.1, -0.05) is 35.3 Å². The van der Waals surface area contributed by atoms with Crippen molar-refractivity contribution < 1.29 is 19.1 Å². The number of carbonyl (C=O) groups excluding carboxylic acids is 2. The highest BCUT2D eigenvalue weighted by molar-refractivity contribution is 6.44. The van der Waals surface area contributed by atoms with Gasteiger partial charge in [0.1, 0.15) is 11.2 Å². The first-order valence-electron chi connectivity index (χ1n) is 11.6. The minimum absolute atomic E-state index is 0.0931. The molecule has 0 radical (unpaired) electrons. The summed E-state index contributed by atoms with van der Waals surface area (Å²) in [4.78, 5) is 36.5. The molecule has 192 valence electrons. The van der Waals surface area contributed by atoms with E-state index in [2.05, 4.69) is 15.2 Å². The molecule has 0 aliphatic carbocycles. The van der Waals surface area contributed by atoms with Crippen LogP contribution in [0.2, 0.25) is 10.0 Å². The van der Waals surface area contributed by atoms with Crippen molar-refractivity contribution in [1.82, 2.24) is 19.7 Å². The van der Waals surface area contributed by atoms with Crippen LogP contribution in [-0.2, 0) is 9.47 Å². The number of anilines is 1. The number of halogens is 2. The summed E-state index contributed by atoms with van der Waals surface area (Å²) in [5.74, 6) is -0.0645. The first kappa shape index (κ1) is 26.0. The summed E-state index contributed by atoms with van der Waals surface area (Å²) in [5, 5.41) is 3.66. The van der Waals surface area contributed by atoms with Crippen molar-refractivity contribution >= 4 is 46.9 Å². The maximum absolute atomic E-state index is 12.9. The Morgan fingerprint density at radius 2 is 1.86 bits per heavy atom. The fraction of sp³-hybridized carbons (Fsp3) is 0.440. The zero-order valence-corrected chi connectivity index (χ0v) is 22.4. The second-order valence-corrected chi connectivity index (χ2v) is 10.8. The Morgan fingerprint density at radius 1 is 1.17 bits per heavy atom. The van der Waals surface area contributed by atoms with Crippen LogP contribution in [0.4, 0.5) is 10.7 Å². The molecule has 0 atom stereocenters. The Bertz CT molecular complexity index is 1310. The molecule has 2 aromatic heterocycles. The Balaban J connectivity index is 1.69. The zero-order chi connectivity index (χ0) is 26.3. The molecule has 36 heavy (non-hydrogen) atoms. The number of methoxy groups -OCH3 is 1. The topological polar surface area (TPSA) is 98.1 Å². The summed E-state index contributed by atoms with van der Waals surface area (Å²) in [6, 6.07) is 5.19. The van der Waals surface area contributed by atoms with E-state index in [0.29, 0.717) is 58.7 Å². The van der Waals surface area contributed by atoms with Crippen LogP contribution in [-0.4, -0.2) is 57.8 Å². The third kappa shape index (κ3) is 5.22. The van der Waals surface area contributed by atoms with Crippen LogP contribution in [0.15, 0.2) is 30.6 Å². The predicted octanol–water partition coefficient (Wildman–Crippen LogP) is 5.37. The number of imidazole rings is 1. The van der Waals surface area contributed by atoms with Crippen LogP contribution in [0.25, 0.3) is 16.8 Å². The molecule has 1 aromatic carbocycles. The lowest BCUT2D eigenvalue weighted by Gasteiger charge is -2.40. The number of hydrogen-bond donors (Lipinski definition) is 1. The second-order valence-electron chi connectivity index (χ2n) is 10.0. The van der Waals surface area contributed by atoms with Crippen molar-refractivity contribution in [2.45, 2.75) is 51.7 Å². The number of benzene rings is 1. The number of amides is 1. The fourth-order valence-electron chi connectivity index (χ4n) is 4.25. The first-order chi connectivity index (χ1) is 16.9. The van der Waals surface area contributed by atoms with Gasteiger partial charge < -0.3 is 19.7 Å². The van der Waals surface area contributed by atoms with Gasteiger partial charge in [-0.2, -0.15) is 0 Å². The van der Waals surface area contributed by atoms with Gasteiger partial charge in [0.15, 0.2) is 5.69 Å². The quantitative estimate of drug-likeness (QED) is 0.449. The first-order valence-corrected chi connectivity index (χ1v) is 12.3. The predicted molar refractivity (Wildman–Crippen MR) is 139 cm³/mol. The van der Waals surface area contributed by atoms with Gasteiger partial charge in [0.2, 0.25) is 5.95 Å². The van der Waals surface area contributed by atoms with Crippen LogP contribution in [0.3, 0.4) is 0 Å². The van der Waals surface area contributed by atoms with Gasteiger partial charge in [-0.3, -0.25) is 4.40 Å². The Labute approximate surface area is 219 Å². The van der Waals surface area contributed by atoms with Crippen molar-refractivity contribution in [3.05, 3.63) is 46.3 Å². The van der Waals surface area contributed by atoms with E-state index in [9.17, 15) is 9.59 Å². The molecular weight excluding hydrogens is 505 g/mol. The van der Waals surface area contributed by atoms with Crippen molar-refractivity contribution in [3.8, 4) is 11.1 Å². The molecule has 9 nitrogen and oxygen atoms in total. The van der Waals surface area contributed by atoms with Crippen molar-refractivity contribution in [1.29, 1.82) is 0 Å². The van der Waals surface area contributed by atoms with Gasteiger partial charge in [-0.15, -0.1) is 0 Å². The standard InChI is InChI=1S/C25H29Cl2N5O4/c1-24(2,3)36-23(34)30-25(4)9-12-31(13-10-25)22-29-19(21(33)35-5)17(20-28-11-14-32(20)22)15-7-6-8-16(26)18(15)27/h6-8,11,14H,9-10,12-13H2,1-5H3,(H,30,34). The van der Waals surface area contributed by atoms with E-state index in [1.54, 1.807) is 30.6 Å². The lowest BCUT2D eigenvalue weighted by molar-refractivity contribution is 0.0447. The molecular formula is C25H29Cl2N5O4. The average molecular weight is 534 g/mol. The van der Waals surface area contributed by atoms with E-state index in [-0.39, 0.29) is 5.69 Å². The number of esters is 1. The highest BCUT2D eigenvalue weighted by Gasteiger charge is 2.35. The number of nitrogens with zero attached hydrogens (tertiary/aromatic N) is 4. The van der Waals surface area contributed by atoms with Crippen LogP contribution in [0.5, 0.6) is 0 Å². The number of nitrogens with one attached hydrogen (secondary N) is 1. The third-order valence-electron chi connectivity index (χ3n) is 6.08. The van der Waals surface area contributed by atoms with Crippen LogP contribution in [0, 0.1) is 0 Å². The molecule has 1 amide bonds. The smallest absolute Gasteiger partial charge is 0.408 e. The number of hydrogen-bond acceptors (Lipinski definition) is 7. The molecule has 0 spiro atoms. The molecule has 0 bridgehead atoms. The monoisotopic (exact) mass is 533 g/mol. The maximum Gasteiger partial charge on any atom is 0.408 e. The molecule has 3 aromatic rings. The van der Waals surface area contributed by atoms with Gasteiger partial charge in [0, 0.05) is 36.6 Å². The van der Waals surface area contributed by atoms with E-state index in [4.69, 9.17) is 37.7 Å². The average Bonchev–Trinajstić information content (AvgIpc) is 3.28. The SMILES string of the molecule is COC(=O)c1nc(N2CCC(C)(NC(=O)OC(C)(C)C)CC2)n2ccnc2c1-c1cccc(Cl)c1Cl. The van der Waals surface area contributed by atoms with Gasteiger partial charge in [0.05, 0.1) is 22.7 Å². The summed E-state index contributed by atoms with van der Waals surface area (Å²) in [7, 11) is 1.30. The van der Waals surface area contributed by atoms with Crippen LogP contribution in [0.1, 0.15) is 51.0 Å². The van der Waals surface area contributed by atoms with Gasteiger partial charge >= 0.3 is 12.1 Å². The number of fused-ring (bicyclic) bond motifs is 1. The van der Waals surface area contributed by atoms with Crippen LogP contribution < -0.4 is 10.2 Å². The third-order valence-corrected chi connectivity index (χ3v) is 6.90. The zero-order valence-electron chi connectivity index (χ0n) is 20.9. The van der Waals surface area contributed by atoms with Crippen molar-refractivity contribution in [2.24, 2.45) is 0 Å². The molecule has 0 unspecified atom stereocenters. The molecule has 1 aliphatic heterocycles. The number of alkyl carbamates (subject to hydrolysis) is 1. The minimum Gasteiger partial charge on any atom is -0.464 e. The van der Waals surface area contributed by atoms with Gasteiger partial charge in [0.25, 0.3) is 0 Å². The number of carbonyl (C=O) groups is 2. The second kappa shape index (κ2) is 9.78. The van der Waals surface area contributed by atoms with Crippen LogP contribution >= 0.6 is 23.2 Å². The lowest BCUT2D eigenvalue weighted by atomic mass is 9.90.